The molecule has 0 aromatic heterocycles. The lowest BCUT2D eigenvalue weighted by Gasteiger charge is -1.57. The first-order valence-electron chi connectivity index (χ1n) is 3.30. The van der Waals surface area contributed by atoms with Crippen LogP contribution in [0.5, 0.6) is 0 Å². The van der Waals surface area contributed by atoms with Crippen molar-refractivity contribution in [2.24, 2.45) is 0 Å². The summed E-state index contributed by atoms with van der Waals surface area (Å²) in [6.45, 7) is 11.2. The monoisotopic (exact) mass is 136 g/mol. The average Bonchev–Trinajstić information content (AvgIpc) is 2.48. The second-order valence-electron chi connectivity index (χ2n) is 1.50. The minimum absolute atomic E-state index is 1.14. The van der Waals surface area contributed by atoms with Gasteiger partial charge in [-0.2, -0.15) is 0 Å². The molecule has 0 heteroatoms. The Hall–Kier alpha value is -1.04. The summed E-state index contributed by atoms with van der Waals surface area (Å²) >= 11 is 0. The fourth-order valence-electron chi connectivity index (χ4n) is 0.393. The zero-order valence-electron chi connectivity index (χ0n) is 6.72. The van der Waals surface area contributed by atoms with Crippen LogP contribution in [0.4, 0.5) is 0 Å². The van der Waals surface area contributed by atoms with E-state index in [-0.39, 0.29) is 0 Å². The molecule has 1 rings (SSSR count). The highest BCUT2D eigenvalue weighted by Crippen LogP contribution is 1.93. The molecule has 0 aromatic carbocycles. The molecule has 0 saturated carbocycles. The van der Waals surface area contributed by atoms with E-state index in [0.29, 0.717) is 0 Å². The van der Waals surface area contributed by atoms with Gasteiger partial charge in [0.2, 0.25) is 0 Å². The highest BCUT2D eigenvalue weighted by molar-refractivity contribution is 5.11. The van der Waals surface area contributed by atoms with Crippen LogP contribution in [0.3, 0.4) is 0 Å². The molecule has 0 amide bonds. The predicted octanol–water partition coefficient (Wildman–Crippen LogP) is 3.50. The molecule has 0 atom stereocenters. The first kappa shape index (κ1) is 11.7. The van der Waals surface area contributed by atoms with Crippen molar-refractivity contribution in [3.05, 3.63) is 50.1 Å². The summed E-state index contributed by atoms with van der Waals surface area (Å²) in [5, 5.41) is 0. The molecule has 0 nitrogen and oxygen atoms in total. The average molecular weight is 136 g/mol. The summed E-state index contributed by atoms with van der Waals surface area (Å²) in [6.07, 6.45) is 11.2. The summed E-state index contributed by atoms with van der Waals surface area (Å²) in [5.74, 6) is 0. The van der Waals surface area contributed by atoms with E-state index in [4.69, 9.17) is 0 Å². The first-order chi connectivity index (χ1) is 4.91. The molecule has 56 valence electrons. The Morgan fingerprint density at radius 3 is 1.60 bits per heavy atom. The number of hydrogen-bond acceptors (Lipinski definition) is 0. The van der Waals surface area contributed by atoms with Gasteiger partial charge in [0.1, 0.15) is 0 Å². The second kappa shape index (κ2) is 15.7. The van der Waals surface area contributed by atoms with Gasteiger partial charge in [0.05, 0.1) is 0 Å². The van der Waals surface area contributed by atoms with Gasteiger partial charge in [0.15, 0.2) is 0 Å². The third kappa shape index (κ3) is 15.8. The second-order valence-corrected chi connectivity index (χ2v) is 1.50. The molecule has 0 aromatic rings. The molecular formula is C10H16. The molecule has 0 aliphatic heterocycles. The number of allylic oxidation sites excluding steroid dienone is 5. The van der Waals surface area contributed by atoms with E-state index in [2.05, 4.69) is 44.0 Å². The largest absolute Gasteiger partial charge is 0.106 e. The van der Waals surface area contributed by atoms with Crippen LogP contribution in [0.15, 0.2) is 50.1 Å². The Kier molecular flexibility index (Phi) is 18.4. The lowest BCUT2D eigenvalue weighted by Crippen LogP contribution is -1.37. The van der Waals surface area contributed by atoms with Crippen molar-refractivity contribution in [2.45, 2.75) is 13.3 Å². The van der Waals surface area contributed by atoms with Crippen molar-refractivity contribution in [3.8, 4) is 0 Å². The Morgan fingerprint density at radius 1 is 1.20 bits per heavy atom. The van der Waals surface area contributed by atoms with Gasteiger partial charge in [-0.25, -0.2) is 0 Å². The van der Waals surface area contributed by atoms with Gasteiger partial charge in [-0.1, -0.05) is 30.4 Å². The third-order valence-corrected chi connectivity index (χ3v) is 0.655. The maximum atomic E-state index is 3.36. The van der Waals surface area contributed by atoms with Crippen LogP contribution in [-0.2, 0) is 0 Å². The van der Waals surface area contributed by atoms with E-state index in [1.807, 2.05) is 6.92 Å². The van der Waals surface area contributed by atoms with Crippen molar-refractivity contribution in [2.75, 3.05) is 0 Å². The van der Waals surface area contributed by atoms with Gasteiger partial charge in [-0.05, 0) is 13.3 Å². The molecule has 0 unspecified atom stereocenters. The number of rotatable bonds is 0. The molecule has 0 fully saturated rings. The van der Waals surface area contributed by atoms with Crippen molar-refractivity contribution >= 4 is 0 Å². The normalized spacial score (nSPS) is 10.5. The van der Waals surface area contributed by atoms with Crippen molar-refractivity contribution in [3.63, 3.8) is 0 Å². The van der Waals surface area contributed by atoms with Crippen LogP contribution in [0.1, 0.15) is 13.3 Å². The smallest absolute Gasteiger partial charge is 0.0163 e. The maximum absolute atomic E-state index is 3.36. The van der Waals surface area contributed by atoms with Crippen molar-refractivity contribution < 1.29 is 0 Å². The Labute approximate surface area is 64.3 Å². The first-order valence-corrected chi connectivity index (χ1v) is 3.30. The molecule has 0 heterocycles. The lowest BCUT2D eigenvalue weighted by molar-refractivity contribution is 1.45. The Bertz CT molecular complexity index is 97.2. The highest BCUT2D eigenvalue weighted by Gasteiger charge is 1.72. The van der Waals surface area contributed by atoms with E-state index >= 15 is 0 Å². The van der Waals surface area contributed by atoms with Gasteiger partial charge in [-0.15, -0.1) is 19.7 Å². The van der Waals surface area contributed by atoms with Gasteiger partial charge < -0.3 is 0 Å². The molecule has 0 saturated heterocycles. The van der Waals surface area contributed by atoms with E-state index in [9.17, 15) is 0 Å². The third-order valence-electron chi connectivity index (χ3n) is 0.655. The van der Waals surface area contributed by atoms with Crippen molar-refractivity contribution in [1.82, 2.24) is 0 Å². The van der Waals surface area contributed by atoms with Crippen LogP contribution in [0, 0.1) is 0 Å². The van der Waals surface area contributed by atoms with E-state index in [1.165, 1.54) is 0 Å². The summed E-state index contributed by atoms with van der Waals surface area (Å²) < 4.78 is 0. The molecular weight excluding hydrogens is 120 g/mol. The fraction of sp³-hybridized carbons (Fsp3) is 0.200. The zero-order chi connectivity index (χ0) is 8.24. The van der Waals surface area contributed by atoms with Crippen molar-refractivity contribution in [1.29, 1.82) is 0 Å². The molecule has 0 radical (unpaired) electrons. The van der Waals surface area contributed by atoms with Crippen LogP contribution >= 0.6 is 0 Å². The quantitative estimate of drug-likeness (QED) is 0.447. The van der Waals surface area contributed by atoms with E-state index in [1.54, 1.807) is 6.08 Å². The topological polar surface area (TPSA) is 0 Å². The molecule has 0 N–H and O–H groups in total. The fourth-order valence-corrected chi connectivity index (χ4v) is 0.393. The standard InChI is InChI=1S/C5H6.C3H6.C2H4/c1-2-4-5-3-1;1-3-2;1-2/h1-4H,5H2;3H,1H2,2H3;1-2H2. The summed E-state index contributed by atoms with van der Waals surface area (Å²) in [4.78, 5) is 0. The van der Waals surface area contributed by atoms with Crippen LogP contribution < -0.4 is 0 Å². The highest BCUT2D eigenvalue weighted by atomic mass is 13.8. The summed E-state index contributed by atoms with van der Waals surface area (Å²) in [7, 11) is 0. The maximum Gasteiger partial charge on any atom is -0.0163 e. The van der Waals surface area contributed by atoms with E-state index in [0.717, 1.165) is 6.42 Å². The molecule has 10 heavy (non-hydrogen) atoms. The molecule has 1 aliphatic carbocycles. The Balaban J connectivity index is 0. The number of hydrogen-bond donors (Lipinski definition) is 0. The molecule has 1 aliphatic rings. The SMILES string of the molecule is C1=CCC=C1.C=C.C=CC. The zero-order valence-corrected chi connectivity index (χ0v) is 6.72. The molecule has 0 spiro atoms. The molecule has 0 bridgehead atoms. The Morgan fingerprint density at radius 2 is 1.50 bits per heavy atom. The van der Waals surface area contributed by atoms with E-state index < -0.39 is 0 Å². The van der Waals surface area contributed by atoms with Gasteiger partial charge in [0.25, 0.3) is 0 Å². The minimum atomic E-state index is 1.14. The summed E-state index contributed by atoms with van der Waals surface area (Å²) in [5.41, 5.74) is 0. The lowest BCUT2D eigenvalue weighted by atomic mass is 10.5. The van der Waals surface area contributed by atoms with Crippen LogP contribution in [-0.4, -0.2) is 0 Å². The van der Waals surface area contributed by atoms with Gasteiger partial charge >= 0.3 is 0 Å². The van der Waals surface area contributed by atoms with Gasteiger partial charge in [-0.3, -0.25) is 0 Å². The van der Waals surface area contributed by atoms with Crippen LogP contribution in [0.2, 0.25) is 0 Å². The van der Waals surface area contributed by atoms with Crippen LogP contribution in [0.25, 0.3) is 0 Å². The minimum Gasteiger partial charge on any atom is -0.106 e. The van der Waals surface area contributed by atoms with Gasteiger partial charge in [0, 0.05) is 0 Å². The predicted molar refractivity (Wildman–Crippen MR) is 50.0 cm³/mol. The summed E-state index contributed by atoms with van der Waals surface area (Å²) in [6, 6.07) is 0.